The van der Waals surface area contributed by atoms with E-state index in [4.69, 9.17) is 9.90 Å². The molecule has 0 aliphatic carbocycles. The van der Waals surface area contributed by atoms with Gasteiger partial charge in [0.1, 0.15) is 7.05 Å². The van der Waals surface area contributed by atoms with E-state index in [9.17, 15) is 0 Å². The van der Waals surface area contributed by atoms with Crippen LogP contribution in [0.3, 0.4) is 0 Å². The Balaban J connectivity index is 1.87. The van der Waals surface area contributed by atoms with E-state index in [-0.39, 0.29) is 6.42 Å². The number of pyridine rings is 2. The van der Waals surface area contributed by atoms with E-state index >= 15 is 0 Å². The Hall–Kier alpha value is -2.68. The predicted molar refractivity (Wildman–Crippen MR) is 111 cm³/mol. The maximum absolute atomic E-state index is 8.23. The third-order valence-corrected chi connectivity index (χ3v) is 5.08. The molecule has 0 saturated carbocycles. The molecule has 0 spiro atoms. The summed E-state index contributed by atoms with van der Waals surface area (Å²) in [6.07, 6.45) is 3.13. The first kappa shape index (κ1) is 13.5. The largest absolute Gasteiger partial charge is 0.437 e. The second kappa shape index (κ2) is 6.80. The summed E-state index contributed by atoms with van der Waals surface area (Å²) in [6, 6.07) is 12.1. The molecular formula is C24H27N2O+. The summed E-state index contributed by atoms with van der Waals surface area (Å²) in [5.41, 5.74) is 6.22. The highest BCUT2D eigenvalue weighted by atomic mass is 16.3. The molecule has 3 heterocycles. The molecule has 1 aromatic carbocycles. The molecule has 4 rings (SSSR count). The highest BCUT2D eigenvalue weighted by molar-refractivity contribution is 6.08. The van der Waals surface area contributed by atoms with Gasteiger partial charge in [0.05, 0.1) is 5.56 Å². The van der Waals surface area contributed by atoms with Crippen LogP contribution in [0.25, 0.3) is 33.3 Å². The van der Waals surface area contributed by atoms with Crippen molar-refractivity contribution in [2.75, 3.05) is 0 Å². The Kier molecular flexibility index (Phi) is 3.40. The van der Waals surface area contributed by atoms with Crippen LogP contribution in [0.5, 0.6) is 0 Å². The van der Waals surface area contributed by atoms with E-state index in [1.807, 2.05) is 19.2 Å². The smallest absolute Gasteiger partial charge is 0.227 e. The number of aromatic nitrogens is 2. The predicted octanol–water partition coefficient (Wildman–Crippen LogP) is 5.54. The van der Waals surface area contributed by atoms with E-state index < -0.39 is 12.7 Å². The van der Waals surface area contributed by atoms with Crippen molar-refractivity contribution in [3.63, 3.8) is 0 Å². The van der Waals surface area contributed by atoms with Crippen molar-refractivity contribution in [1.29, 1.82) is 0 Å². The van der Waals surface area contributed by atoms with Crippen LogP contribution in [0.2, 0.25) is 0 Å². The van der Waals surface area contributed by atoms with Crippen molar-refractivity contribution in [2.45, 2.75) is 40.5 Å². The van der Waals surface area contributed by atoms with Gasteiger partial charge in [-0.3, -0.25) is 0 Å². The summed E-state index contributed by atoms with van der Waals surface area (Å²) in [4.78, 5) is 4.58. The molecule has 0 aliphatic rings. The van der Waals surface area contributed by atoms with E-state index in [1.54, 1.807) is 6.07 Å². The molecule has 27 heavy (non-hydrogen) atoms. The summed E-state index contributed by atoms with van der Waals surface area (Å²) >= 11 is 0. The van der Waals surface area contributed by atoms with Gasteiger partial charge in [-0.2, -0.15) is 0 Å². The highest BCUT2D eigenvalue weighted by Crippen LogP contribution is 2.36. The molecule has 3 heteroatoms. The van der Waals surface area contributed by atoms with Gasteiger partial charge in [0.2, 0.25) is 11.4 Å². The monoisotopic (exact) mass is 363 g/mol. The van der Waals surface area contributed by atoms with Gasteiger partial charge in [0.15, 0.2) is 11.8 Å². The summed E-state index contributed by atoms with van der Waals surface area (Å²) < 4.78 is 39.5. The van der Waals surface area contributed by atoms with Crippen LogP contribution in [0.15, 0.2) is 47.0 Å². The molecule has 0 amide bonds. The third kappa shape index (κ3) is 3.12. The minimum Gasteiger partial charge on any atom is -0.437 e. The van der Waals surface area contributed by atoms with Gasteiger partial charge < -0.3 is 4.42 Å². The normalized spacial score (nSPS) is 16.6. The molecule has 138 valence electrons. The Labute approximate surface area is 166 Å². The molecule has 0 bridgehead atoms. The van der Waals surface area contributed by atoms with Gasteiger partial charge in [-0.25, -0.2) is 9.55 Å². The maximum Gasteiger partial charge on any atom is 0.227 e. The van der Waals surface area contributed by atoms with Crippen LogP contribution in [-0.2, 0) is 19.9 Å². The first-order valence-electron chi connectivity index (χ1n) is 11.3. The molecule has 0 N–H and O–H groups in total. The number of furan rings is 1. The molecule has 3 aromatic heterocycles. The molecule has 0 aliphatic heterocycles. The summed E-state index contributed by atoms with van der Waals surface area (Å²) in [7, 11) is 2.04. The van der Waals surface area contributed by atoms with Crippen LogP contribution < -0.4 is 4.57 Å². The lowest BCUT2D eigenvalue weighted by atomic mass is 10.00. The van der Waals surface area contributed by atoms with Crippen molar-refractivity contribution in [3.05, 3.63) is 59.4 Å². The fourth-order valence-corrected chi connectivity index (χ4v) is 3.68. The molecule has 4 aromatic rings. The summed E-state index contributed by atoms with van der Waals surface area (Å²) in [5, 5.41) is 1.85. The Morgan fingerprint density at radius 2 is 2.00 bits per heavy atom. The van der Waals surface area contributed by atoms with Gasteiger partial charge >= 0.3 is 0 Å². The summed E-state index contributed by atoms with van der Waals surface area (Å²) in [5.74, 6) is -1.61. The Morgan fingerprint density at radius 1 is 1.19 bits per heavy atom. The second-order valence-electron chi connectivity index (χ2n) is 7.24. The Bertz CT molecular complexity index is 1290. The van der Waals surface area contributed by atoms with Crippen molar-refractivity contribution in [2.24, 2.45) is 12.9 Å². The molecular weight excluding hydrogens is 332 g/mol. The second-order valence-corrected chi connectivity index (χ2v) is 7.24. The van der Waals surface area contributed by atoms with Crippen molar-refractivity contribution >= 4 is 22.1 Å². The number of nitrogens with zero attached hydrogens (tertiary/aromatic N) is 2. The van der Waals surface area contributed by atoms with Crippen molar-refractivity contribution in [3.8, 4) is 11.3 Å². The first-order valence-corrected chi connectivity index (χ1v) is 9.32. The zero-order valence-corrected chi connectivity index (χ0v) is 16.3. The topological polar surface area (TPSA) is 29.9 Å². The average molecular weight is 364 g/mol. The quantitative estimate of drug-likeness (QED) is 0.445. The number of aryl methyl sites for hydroxylation is 3. The lowest BCUT2D eigenvalue weighted by Crippen LogP contribution is -2.31. The first-order chi connectivity index (χ1) is 14.5. The lowest BCUT2D eigenvalue weighted by molar-refractivity contribution is -0.660. The lowest BCUT2D eigenvalue weighted by Gasteiger charge is -2.06. The number of fused-ring (bicyclic) bond motifs is 3. The molecule has 0 fully saturated rings. The number of hydrogen-bond donors (Lipinski definition) is 0. The fourth-order valence-electron chi connectivity index (χ4n) is 3.68. The molecule has 1 atom stereocenters. The van der Waals surface area contributed by atoms with E-state index in [0.717, 1.165) is 39.6 Å². The molecule has 1 unspecified atom stereocenters. The zero-order valence-electron chi connectivity index (χ0n) is 20.3. The Morgan fingerprint density at radius 3 is 2.74 bits per heavy atom. The highest BCUT2D eigenvalue weighted by Gasteiger charge is 2.21. The fraction of sp³-hybridized carbons (Fsp3) is 0.333. The zero-order chi connectivity index (χ0) is 22.6. The van der Waals surface area contributed by atoms with Gasteiger partial charge in [-0.15, -0.1) is 0 Å². The maximum atomic E-state index is 8.23. The minimum atomic E-state index is -2.39. The van der Waals surface area contributed by atoms with E-state index in [2.05, 4.69) is 47.8 Å². The van der Waals surface area contributed by atoms with E-state index in [0.29, 0.717) is 11.4 Å². The van der Waals surface area contributed by atoms with Crippen LogP contribution in [-0.4, -0.2) is 4.98 Å². The molecule has 0 radical (unpaired) electrons. The van der Waals surface area contributed by atoms with Gasteiger partial charge in [-0.1, -0.05) is 32.8 Å². The minimum absolute atomic E-state index is 0.0236. The van der Waals surface area contributed by atoms with Gasteiger partial charge in [-0.05, 0) is 49.4 Å². The number of rotatable bonds is 4. The van der Waals surface area contributed by atoms with E-state index in [1.165, 1.54) is 12.5 Å². The molecule has 3 nitrogen and oxygen atoms in total. The molecule has 0 saturated heterocycles. The summed E-state index contributed by atoms with van der Waals surface area (Å²) in [6.45, 7) is 3.24. The van der Waals surface area contributed by atoms with Crippen LogP contribution in [0.1, 0.15) is 43.0 Å². The van der Waals surface area contributed by atoms with Crippen LogP contribution in [0.4, 0.5) is 0 Å². The standard InChI is InChI=1S/C24H27N2O/c1-6-17-8-12-21(26(5)14-17)22-16(4)7-10-19-20-11-9-18(13-15(2)3)25-24(20)27-23(19)22/h7-12,14-15H,6,13H2,1-5H3/q+1/i2D3,15D. The average Bonchev–Trinajstić information content (AvgIpc) is 3.04. The van der Waals surface area contributed by atoms with Gasteiger partial charge in [0, 0.05) is 33.6 Å². The van der Waals surface area contributed by atoms with Gasteiger partial charge in [0.25, 0.3) is 0 Å². The number of hydrogen-bond acceptors (Lipinski definition) is 2. The SMILES string of the molecule is [2H]C([2H])([2H])C([2H])(C)Cc1ccc2c(n1)oc1c(-c3ccc(CC)c[n+]3C)c(C)ccc12. The van der Waals surface area contributed by atoms with Crippen LogP contribution >= 0.6 is 0 Å². The number of benzene rings is 1. The third-order valence-electron chi connectivity index (χ3n) is 5.08. The van der Waals surface area contributed by atoms with Crippen molar-refractivity contribution in [1.82, 2.24) is 4.98 Å². The van der Waals surface area contributed by atoms with Crippen LogP contribution in [0, 0.1) is 12.8 Å². The van der Waals surface area contributed by atoms with Crippen molar-refractivity contribution < 1.29 is 14.5 Å².